The Labute approximate surface area is 110 Å². The highest BCUT2D eigenvalue weighted by Gasteiger charge is 2.33. The van der Waals surface area contributed by atoms with Gasteiger partial charge in [-0.15, -0.1) is 0 Å². The van der Waals surface area contributed by atoms with E-state index < -0.39 is 0 Å². The third-order valence-electron chi connectivity index (χ3n) is 3.20. The summed E-state index contributed by atoms with van der Waals surface area (Å²) < 4.78 is 5.14. The molecule has 2 aromatic rings. The lowest BCUT2D eigenvalue weighted by Crippen LogP contribution is -2.24. The molecule has 6 heteroatoms. The third kappa shape index (κ3) is 2.47. The summed E-state index contributed by atoms with van der Waals surface area (Å²) in [6.07, 6.45) is 3.93. The second-order valence-electron chi connectivity index (χ2n) is 4.72. The van der Waals surface area contributed by atoms with Gasteiger partial charge < -0.3 is 9.42 Å². The summed E-state index contributed by atoms with van der Waals surface area (Å²) in [5.74, 6) is 1.28. The summed E-state index contributed by atoms with van der Waals surface area (Å²) in [6.45, 7) is 2.98. The van der Waals surface area contributed by atoms with Crippen LogP contribution in [0.3, 0.4) is 0 Å². The average molecular weight is 258 g/mol. The maximum absolute atomic E-state index is 12.0. The molecule has 19 heavy (non-hydrogen) atoms. The maximum Gasteiger partial charge on any atom is 0.232 e. The lowest BCUT2D eigenvalue weighted by Gasteiger charge is -2.15. The molecule has 0 unspecified atom stereocenters. The van der Waals surface area contributed by atoms with Crippen molar-refractivity contribution in [3.8, 4) is 0 Å². The number of carbonyl (C=O) groups excluding carboxylic acids is 1. The zero-order valence-corrected chi connectivity index (χ0v) is 10.6. The molecule has 1 aliphatic rings. The molecule has 0 bridgehead atoms. The van der Waals surface area contributed by atoms with Gasteiger partial charge in [0.1, 0.15) is 0 Å². The minimum absolute atomic E-state index is 0.00497. The van der Waals surface area contributed by atoms with Crippen LogP contribution in [0.15, 0.2) is 29.0 Å². The highest BCUT2D eigenvalue weighted by Crippen LogP contribution is 2.27. The SMILES string of the molecule is Cc1noc([C@H]2CC(=O)N(Cc3cccnc3)C2)n1. The number of carbonyl (C=O) groups is 1. The molecule has 1 saturated heterocycles. The molecule has 1 amide bonds. The molecule has 0 spiro atoms. The standard InChI is InChI=1S/C13H14N4O2/c1-9-15-13(19-16-9)11-5-12(18)17(8-11)7-10-3-2-4-14-6-10/h2-4,6,11H,5,7-8H2,1H3/t11-/m0/s1. The average Bonchev–Trinajstić information content (AvgIpc) is 2.98. The summed E-state index contributed by atoms with van der Waals surface area (Å²) in [4.78, 5) is 22.0. The topological polar surface area (TPSA) is 72.1 Å². The fraction of sp³-hybridized carbons (Fsp3) is 0.385. The lowest BCUT2D eigenvalue weighted by molar-refractivity contribution is -0.128. The van der Waals surface area contributed by atoms with Crippen molar-refractivity contribution < 1.29 is 9.32 Å². The number of aromatic nitrogens is 3. The fourth-order valence-electron chi connectivity index (χ4n) is 2.28. The smallest absolute Gasteiger partial charge is 0.232 e. The Balaban J connectivity index is 1.70. The highest BCUT2D eigenvalue weighted by atomic mass is 16.5. The van der Waals surface area contributed by atoms with Crippen LogP contribution in [0.4, 0.5) is 0 Å². The Morgan fingerprint density at radius 3 is 3.11 bits per heavy atom. The number of hydrogen-bond acceptors (Lipinski definition) is 5. The van der Waals surface area contributed by atoms with Gasteiger partial charge in [-0.05, 0) is 18.6 Å². The molecule has 1 aliphatic heterocycles. The van der Waals surface area contributed by atoms with Gasteiger partial charge in [-0.25, -0.2) is 0 Å². The van der Waals surface area contributed by atoms with E-state index in [4.69, 9.17) is 4.52 Å². The second-order valence-corrected chi connectivity index (χ2v) is 4.72. The predicted octanol–water partition coefficient (Wildman–Crippen LogP) is 1.29. The van der Waals surface area contributed by atoms with Crippen LogP contribution in [0, 0.1) is 6.92 Å². The van der Waals surface area contributed by atoms with Crippen LogP contribution in [-0.4, -0.2) is 32.5 Å². The molecule has 98 valence electrons. The molecule has 1 atom stereocenters. The quantitative estimate of drug-likeness (QED) is 0.829. The van der Waals surface area contributed by atoms with Gasteiger partial charge in [-0.1, -0.05) is 11.2 Å². The molecule has 6 nitrogen and oxygen atoms in total. The summed E-state index contributed by atoms with van der Waals surface area (Å²) in [7, 11) is 0. The van der Waals surface area contributed by atoms with Crippen LogP contribution in [0.25, 0.3) is 0 Å². The minimum Gasteiger partial charge on any atom is -0.339 e. The Hall–Kier alpha value is -2.24. The molecule has 0 saturated carbocycles. The van der Waals surface area contributed by atoms with Crippen molar-refractivity contribution in [2.45, 2.75) is 25.8 Å². The van der Waals surface area contributed by atoms with Gasteiger partial charge in [-0.2, -0.15) is 4.98 Å². The maximum atomic E-state index is 12.0. The Bertz CT molecular complexity index is 581. The lowest BCUT2D eigenvalue weighted by atomic mass is 10.1. The van der Waals surface area contributed by atoms with Gasteiger partial charge >= 0.3 is 0 Å². The number of pyridine rings is 1. The van der Waals surface area contributed by atoms with Gasteiger partial charge in [0.25, 0.3) is 0 Å². The van der Waals surface area contributed by atoms with Gasteiger partial charge in [0.15, 0.2) is 5.82 Å². The van der Waals surface area contributed by atoms with E-state index in [2.05, 4.69) is 15.1 Å². The normalized spacial score (nSPS) is 19.1. The van der Waals surface area contributed by atoms with E-state index in [9.17, 15) is 4.79 Å². The number of nitrogens with zero attached hydrogens (tertiary/aromatic N) is 4. The van der Waals surface area contributed by atoms with Gasteiger partial charge in [0.2, 0.25) is 11.8 Å². The van der Waals surface area contributed by atoms with Crippen molar-refractivity contribution in [2.75, 3.05) is 6.54 Å². The highest BCUT2D eigenvalue weighted by molar-refractivity contribution is 5.79. The fourth-order valence-corrected chi connectivity index (χ4v) is 2.28. The number of aryl methyl sites for hydroxylation is 1. The predicted molar refractivity (Wildman–Crippen MR) is 66.0 cm³/mol. The molecule has 0 N–H and O–H groups in total. The van der Waals surface area contributed by atoms with E-state index in [1.165, 1.54) is 0 Å². The van der Waals surface area contributed by atoms with Crippen LogP contribution in [0.2, 0.25) is 0 Å². The van der Waals surface area contributed by atoms with E-state index in [-0.39, 0.29) is 11.8 Å². The molecular weight excluding hydrogens is 244 g/mol. The number of hydrogen-bond donors (Lipinski definition) is 0. The van der Waals surface area contributed by atoms with E-state index in [1.807, 2.05) is 12.1 Å². The van der Waals surface area contributed by atoms with Gasteiger partial charge in [-0.3, -0.25) is 9.78 Å². The van der Waals surface area contributed by atoms with Crippen molar-refractivity contribution in [3.05, 3.63) is 41.8 Å². The third-order valence-corrected chi connectivity index (χ3v) is 3.20. The Morgan fingerprint density at radius 1 is 1.53 bits per heavy atom. The van der Waals surface area contributed by atoms with Crippen molar-refractivity contribution in [2.24, 2.45) is 0 Å². The Kier molecular flexibility index (Phi) is 2.98. The van der Waals surface area contributed by atoms with Crippen molar-refractivity contribution in [1.82, 2.24) is 20.0 Å². The summed E-state index contributed by atoms with van der Waals surface area (Å²) in [5, 5.41) is 3.77. The number of rotatable bonds is 3. The molecule has 0 radical (unpaired) electrons. The zero-order chi connectivity index (χ0) is 13.2. The van der Waals surface area contributed by atoms with Crippen molar-refractivity contribution >= 4 is 5.91 Å². The molecule has 0 aliphatic carbocycles. The largest absolute Gasteiger partial charge is 0.339 e. The first-order chi connectivity index (χ1) is 9.22. The van der Waals surface area contributed by atoms with Crippen molar-refractivity contribution in [3.63, 3.8) is 0 Å². The van der Waals surface area contributed by atoms with Crippen LogP contribution in [0.1, 0.15) is 29.6 Å². The summed E-state index contributed by atoms with van der Waals surface area (Å²) in [6, 6.07) is 3.83. The molecule has 3 rings (SSSR count). The van der Waals surface area contributed by atoms with E-state index in [0.717, 1.165) is 5.56 Å². The minimum atomic E-state index is 0.00497. The van der Waals surface area contributed by atoms with E-state index in [1.54, 1.807) is 24.2 Å². The first kappa shape index (κ1) is 11.8. The number of likely N-dealkylation sites (tertiary alicyclic amines) is 1. The molecular formula is C13H14N4O2. The van der Waals surface area contributed by atoms with Crippen LogP contribution >= 0.6 is 0 Å². The first-order valence-corrected chi connectivity index (χ1v) is 6.19. The monoisotopic (exact) mass is 258 g/mol. The molecule has 3 heterocycles. The molecule has 1 fully saturated rings. The second kappa shape index (κ2) is 4.79. The summed E-state index contributed by atoms with van der Waals surface area (Å²) >= 11 is 0. The van der Waals surface area contributed by atoms with Crippen molar-refractivity contribution in [1.29, 1.82) is 0 Å². The van der Waals surface area contributed by atoms with Crippen LogP contribution in [0.5, 0.6) is 0 Å². The van der Waals surface area contributed by atoms with E-state index >= 15 is 0 Å². The summed E-state index contributed by atoms with van der Waals surface area (Å²) in [5.41, 5.74) is 1.03. The van der Waals surface area contributed by atoms with Gasteiger partial charge in [0.05, 0.1) is 5.92 Å². The molecule has 2 aromatic heterocycles. The molecule has 0 aromatic carbocycles. The number of amides is 1. The van der Waals surface area contributed by atoms with E-state index in [0.29, 0.717) is 31.2 Å². The zero-order valence-electron chi connectivity index (χ0n) is 10.6. The first-order valence-electron chi connectivity index (χ1n) is 6.19. The van der Waals surface area contributed by atoms with Crippen LogP contribution in [-0.2, 0) is 11.3 Å². The van der Waals surface area contributed by atoms with Crippen LogP contribution < -0.4 is 0 Å². The Morgan fingerprint density at radius 2 is 2.42 bits per heavy atom. The van der Waals surface area contributed by atoms with Gasteiger partial charge in [0, 0.05) is 31.9 Å².